The highest BCUT2D eigenvalue weighted by Gasteiger charge is 2.22. The maximum atomic E-state index is 5.98. The van der Waals surface area contributed by atoms with Crippen LogP contribution >= 0.6 is 0 Å². The molecule has 0 spiro atoms. The Balaban J connectivity index is 2.05. The Labute approximate surface area is 109 Å². The Bertz CT molecular complexity index is 410. The molecule has 0 aromatic carbocycles. The largest absolute Gasteiger partial charge is 0.481 e. The molecule has 0 amide bonds. The average Bonchev–Trinajstić information content (AvgIpc) is 2.75. The number of hydrogen-bond acceptors (Lipinski definition) is 5. The summed E-state index contributed by atoms with van der Waals surface area (Å²) in [6.45, 7) is 3.31. The Kier molecular flexibility index (Phi) is 3.91. The van der Waals surface area contributed by atoms with E-state index in [1.165, 1.54) is 13.0 Å². The topological polar surface area (TPSA) is 54.6 Å². The van der Waals surface area contributed by atoms with Crippen LogP contribution in [0.5, 0.6) is 5.88 Å². The van der Waals surface area contributed by atoms with Crippen molar-refractivity contribution in [2.45, 2.75) is 6.42 Å². The number of nitrogen functional groups attached to an aromatic ring is 1. The molecule has 2 rings (SSSR count). The third-order valence-corrected chi connectivity index (χ3v) is 3.47. The number of pyridine rings is 1. The lowest BCUT2D eigenvalue weighted by atomic mass is 10.1. The first-order chi connectivity index (χ1) is 8.60. The fourth-order valence-corrected chi connectivity index (χ4v) is 2.51. The smallest absolute Gasteiger partial charge is 0.215 e. The summed E-state index contributed by atoms with van der Waals surface area (Å²) >= 11 is 0. The van der Waals surface area contributed by atoms with Crippen molar-refractivity contribution in [2.24, 2.45) is 5.92 Å². The Morgan fingerprint density at radius 2 is 2.33 bits per heavy atom. The predicted octanol–water partition coefficient (Wildman–Crippen LogP) is 1.06. The van der Waals surface area contributed by atoms with Crippen molar-refractivity contribution in [2.75, 3.05) is 51.5 Å². The van der Waals surface area contributed by atoms with Crippen molar-refractivity contribution in [3.63, 3.8) is 0 Å². The minimum absolute atomic E-state index is 0.606. The first-order valence-corrected chi connectivity index (χ1v) is 6.30. The number of anilines is 2. The second-order valence-electron chi connectivity index (χ2n) is 5.06. The molecule has 0 aliphatic carbocycles. The molecule has 100 valence electrons. The normalized spacial score (nSPS) is 20.1. The summed E-state index contributed by atoms with van der Waals surface area (Å²) < 4.78 is 5.15. The van der Waals surface area contributed by atoms with Crippen LogP contribution in [-0.2, 0) is 0 Å². The van der Waals surface area contributed by atoms with E-state index in [1.54, 1.807) is 13.2 Å². The second-order valence-corrected chi connectivity index (χ2v) is 5.06. The van der Waals surface area contributed by atoms with E-state index in [-0.39, 0.29) is 0 Å². The van der Waals surface area contributed by atoms with Crippen LogP contribution in [0, 0.1) is 5.92 Å². The number of rotatable bonds is 4. The van der Waals surface area contributed by atoms with Crippen molar-refractivity contribution >= 4 is 11.5 Å². The molecule has 1 aromatic rings. The van der Waals surface area contributed by atoms with E-state index < -0.39 is 0 Å². The van der Waals surface area contributed by atoms with Gasteiger partial charge in [-0.05, 0) is 32.0 Å². The minimum Gasteiger partial charge on any atom is -0.481 e. The lowest BCUT2D eigenvalue weighted by Gasteiger charge is -2.23. The Morgan fingerprint density at radius 3 is 2.94 bits per heavy atom. The van der Waals surface area contributed by atoms with Gasteiger partial charge in [0.05, 0.1) is 12.8 Å². The lowest BCUT2D eigenvalue weighted by molar-refractivity contribution is 0.393. The molecule has 1 saturated heterocycles. The number of hydrogen-bond donors (Lipinski definition) is 1. The third kappa shape index (κ3) is 2.85. The SMILES string of the molecule is COc1ccc(N)c(N(C)CC2CCN(C)C2)n1. The summed E-state index contributed by atoms with van der Waals surface area (Å²) in [7, 11) is 5.82. The van der Waals surface area contributed by atoms with E-state index >= 15 is 0 Å². The summed E-state index contributed by atoms with van der Waals surface area (Å²) in [5.41, 5.74) is 6.68. The summed E-state index contributed by atoms with van der Waals surface area (Å²) in [4.78, 5) is 8.91. The number of nitrogens with two attached hydrogens (primary N) is 1. The van der Waals surface area contributed by atoms with Crippen LogP contribution in [0.4, 0.5) is 11.5 Å². The second kappa shape index (κ2) is 5.44. The van der Waals surface area contributed by atoms with Crippen LogP contribution < -0.4 is 15.4 Å². The molecule has 1 atom stereocenters. The van der Waals surface area contributed by atoms with Gasteiger partial charge in [0.15, 0.2) is 5.82 Å². The zero-order chi connectivity index (χ0) is 13.1. The maximum absolute atomic E-state index is 5.98. The van der Waals surface area contributed by atoms with Crippen LogP contribution in [0.1, 0.15) is 6.42 Å². The van der Waals surface area contributed by atoms with Gasteiger partial charge in [-0.25, -0.2) is 0 Å². The van der Waals surface area contributed by atoms with Gasteiger partial charge in [0.25, 0.3) is 0 Å². The molecule has 0 bridgehead atoms. The monoisotopic (exact) mass is 250 g/mol. The third-order valence-electron chi connectivity index (χ3n) is 3.47. The molecule has 1 aliphatic heterocycles. The zero-order valence-corrected chi connectivity index (χ0v) is 11.4. The number of aromatic nitrogens is 1. The first kappa shape index (κ1) is 13.0. The minimum atomic E-state index is 0.606. The molecular formula is C13H22N4O. The van der Waals surface area contributed by atoms with Gasteiger partial charge in [-0.1, -0.05) is 0 Å². The molecule has 2 N–H and O–H groups in total. The van der Waals surface area contributed by atoms with Gasteiger partial charge < -0.3 is 20.3 Å². The molecule has 5 nitrogen and oxygen atoms in total. The first-order valence-electron chi connectivity index (χ1n) is 6.30. The highest BCUT2D eigenvalue weighted by molar-refractivity contribution is 5.63. The van der Waals surface area contributed by atoms with Gasteiger partial charge in [-0.2, -0.15) is 4.98 Å². The van der Waals surface area contributed by atoms with Gasteiger partial charge in [0, 0.05) is 26.2 Å². The fraction of sp³-hybridized carbons (Fsp3) is 0.615. The van der Waals surface area contributed by atoms with Crippen molar-refractivity contribution in [3.8, 4) is 5.88 Å². The molecule has 1 fully saturated rings. The van der Waals surface area contributed by atoms with Crippen molar-refractivity contribution in [1.82, 2.24) is 9.88 Å². The van der Waals surface area contributed by atoms with Crippen LogP contribution in [-0.4, -0.2) is 50.7 Å². The van der Waals surface area contributed by atoms with Gasteiger partial charge >= 0.3 is 0 Å². The van der Waals surface area contributed by atoms with E-state index in [0.29, 0.717) is 17.5 Å². The molecular weight excluding hydrogens is 228 g/mol. The average molecular weight is 250 g/mol. The van der Waals surface area contributed by atoms with Crippen LogP contribution in [0.3, 0.4) is 0 Å². The Morgan fingerprint density at radius 1 is 1.56 bits per heavy atom. The number of ether oxygens (including phenoxy) is 1. The maximum Gasteiger partial charge on any atom is 0.215 e. The molecule has 1 unspecified atom stereocenters. The van der Waals surface area contributed by atoms with Crippen molar-refractivity contribution < 1.29 is 4.74 Å². The molecule has 18 heavy (non-hydrogen) atoms. The van der Waals surface area contributed by atoms with Gasteiger partial charge in [0.2, 0.25) is 5.88 Å². The molecule has 0 saturated carbocycles. The summed E-state index contributed by atoms with van der Waals surface area (Å²) in [5.74, 6) is 2.10. The fourth-order valence-electron chi connectivity index (χ4n) is 2.51. The summed E-state index contributed by atoms with van der Waals surface area (Å²) in [6, 6.07) is 3.63. The highest BCUT2D eigenvalue weighted by Crippen LogP contribution is 2.25. The van der Waals surface area contributed by atoms with E-state index in [2.05, 4.69) is 21.8 Å². The molecule has 0 radical (unpaired) electrons. The number of methoxy groups -OCH3 is 1. The van der Waals surface area contributed by atoms with Crippen LogP contribution in [0.25, 0.3) is 0 Å². The van der Waals surface area contributed by atoms with E-state index in [9.17, 15) is 0 Å². The predicted molar refractivity (Wildman–Crippen MR) is 74.1 cm³/mol. The van der Waals surface area contributed by atoms with Gasteiger partial charge in [-0.3, -0.25) is 0 Å². The summed E-state index contributed by atoms with van der Waals surface area (Å²) in [6.07, 6.45) is 1.24. The van der Waals surface area contributed by atoms with E-state index in [4.69, 9.17) is 10.5 Å². The van der Waals surface area contributed by atoms with E-state index in [1.807, 2.05) is 13.1 Å². The van der Waals surface area contributed by atoms with E-state index in [0.717, 1.165) is 18.9 Å². The van der Waals surface area contributed by atoms with Gasteiger partial charge in [-0.15, -0.1) is 0 Å². The molecule has 5 heteroatoms. The van der Waals surface area contributed by atoms with Crippen molar-refractivity contribution in [1.29, 1.82) is 0 Å². The van der Waals surface area contributed by atoms with Crippen LogP contribution in [0.2, 0.25) is 0 Å². The zero-order valence-electron chi connectivity index (χ0n) is 11.4. The number of likely N-dealkylation sites (tertiary alicyclic amines) is 1. The Hall–Kier alpha value is -1.49. The van der Waals surface area contributed by atoms with Crippen LogP contribution in [0.15, 0.2) is 12.1 Å². The highest BCUT2D eigenvalue weighted by atomic mass is 16.5. The molecule has 1 aromatic heterocycles. The quantitative estimate of drug-likeness (QED) is 0.866. The lowest BCUT2D eigenvalue weighted by Crippen LogP contribution is -2.28. The summed E-state index contributed by atoms with van der Waals surface area (Å²) in [5, 5.41) is 0. The van der Waals surface area contributed by atoms with Gasteiger partial charge in [0.1, 0.15) is 0 Å². The standard InChI is InChI=1S/C13H22N4O/c1-16-7-6-10(8-16)9-17(2)13-11(14)4-5-12(15-13)18-3/h4-5,10H,6-9,14H2,1-3H3. The molecule has 1 aliphatic rings. The van der Waals surface area contributed by atoms with Crippen molar-refractivity contribution in [3.05, 3.63) is 12.1 Å². The molecule has 2 heterocycles. The number of nitrogens with zero attached hydrogens (tertiary/aromatic N) is 3.